The molecule has 0 atom stereocenters. The molecule has 1 aliphatic heterocycles. The van der Waals surface area contributed by atoms with Crippen LogP contribution in [-0.2, 0) is 6.42 Å². The molecule has 1 aromatic carbocycles. The van der Waals surface area contributed by atoms with Gasteiger partial charge in [0.05, 0.1) is 5.69 Å². The minimum absolute atomic E-state index is 0.356. The summed E-state index contributed by atoms with van der Waals surface area (Å²) in [5.41, 5.74) is 1.85. The minimum atomic E-state index is 0.356. The molecule has 10 heavy (non-hydrogen) atoms. The van der Waals surface area contributed by atoms with Crippen LogP contribution in [0, 0.1) is 0 Å². The summed E-state index contributed by atoms with van der Waals surface area (Å²) >= 11 is 0. The summed E-state index contributed by atoms with van der Waals surface area (Å²) in [6, 6.07) is 5.39. The Morgan fingerprint density at radius 2 is 2.30 bits per heavy atom. The predicted octanol–water partition coefficient (Wildman–Crippen LogP) is 1.65. The second-order valence-corrected chi connectivity index (χ2v) is 2.29. The first-order valence-corrected chi connectivity index (χ1v) is 3.21. The van der Waals surface area contributed by atoms with Crippen molar-refractivity contribution in [2.75, 3.05) is 0 Å². The molecule has 0 unspecified atom stereocenters. The molecule has 2 rings (SSSR count). The maximum absolute atomic E-state index is 9.25. The van der Waals surface area contributed by atoms with Gasteiger partial charge in [0.25, 0.3) is 0 Å². The fourth-order valence-corrected chi connectivity index (χ4v) is 1.13. The van der Waals surface area contributed by atoms with Gasteiger partial charge in [0, 0.05) is 18.2 Å². The van der Waals surface area contributed by atoms with Crippen LogP contribution >= 0.6 is 0 Å². The van der Waals surface area contributed by atoms with Gasteiger partial charge in [0.1, 0.15) is 5.75 Å². The van der Waals surface area contributed by atoms with E-state index in [1.54, 1.807) is 12.1 Å². The number of hydrogen-bond acceptors (Lipinski definition) is 2. The summed E-state index contributed by atoms with van der Waals surface area (Å²) in [4.78, 5) is 4.08. The highest BCUT2D eigenvalue weighted by Gasteiger charge is 2.08. The second kappa shape index (κ2) is 1.84. The van der Waals surface area contributed by atoms with E-state index in [2.05, 4.69) is 4.99 Å². The Hall–Kier alpha value is -1.31. The molecular weight excluding hydrogens is 126 g/mol. The molecule has 1 heterocycles. The fraction of sp³-hybridized carbons (Fsp3) is 0.125. The third-order valence-electron chi connectivity index (χ3n) is 1.65. The summed E-state index contributed by atoms with van der Waals surface area (Å²) in [7, 11) is 0. The van der Waals surface area contributed by atoms with E-state index < -0.39 is 0 Å². The van der Waals surface area contributed by atoms with Crippen LogP contribution in [0.25, 0.3) is 0 Å². The second-order valence-electron chi connectivity index (χ2n) is 2.29. The van der Waals surface area contributed by atoms with Gasteiger partial charge in [0.15, 0.2) is 0 Å². The molecular formula is C8H7NO. The van der Waals surface area contributed by atoms with E-state index in [4.69, 9.17) is 0 Å². The van der Waals surface area contributed by atoms with Crippen molar-refractivity contribution in [3.05, 3.63) is 23.8 Å². The number of phenols is 1. The number of rotatable bonds is 0. The van der Waals surface area contributed by atoms with Gasteiger partial charge in [-0.1, -0.05) is 6.07 Å². The first-order chi connectivity index (χ1) is 4.88. The van der Waals surface area contributed by atoms with Crippen molar-refractivity contribution in [2.45, 2.75) is 6.42 Å². The SMILES string of the molecule is Oc1cccc2c1CC=N2. The molecule has 0 amide bonds. The van der Waals surface area contributed by atoms with Gasteiger partial charge in [-0.3, -0.25) is 4.99 Å². The Morgan fingerprint density at radius 3 is 3.10 bits per heavy atom. The summed E-state index contributed by atoms with van der Waals surface area (Å²) in [6.45, 7) is 0. The number of aromatic hydroxyl groups is 1. The van der Waals surface area contributed by atoms with Crippen LogP contribution in [0.2, 0.25) is 0 Å². The van der Waals surface area contributed by atoms with E-state index in [1.807, 2.05) is 12.3 Å². The zero-order valence-corrected chi connectivity index (χ0v) is 5.41. The highest BCUT2D eigenvalue weighted by Crippen LogP contribution is 2.30. The highest BCUT2D eigenvalue weighted by molar-refractivity contribution is 5.77. The van der Waals surface area contributed by atoms with Crippen molar-refractivity contribution < 1.29 is 5.11 Å². The molecule has 1 N–H and O–H groups in total. The van der Waals surface area contributed by atoms with E-state index in [0.717, 1.165) is 17.7 Å². The maximum atomic E-state index is 9.25. The van der Waals surface area contributed by atoms with Gasteiger partial charge in [-0.2, -0.15) is 0 Å². The molecule has 0 spiro atoms. The average Bonchev–Trinajstić information content (AvgIpc) is 2.36. The van der Waals surface area contributed by atoms with Crippen LogP contribution in [0.15, 0.2) is 23.2 Å². The summed E-state index contributed by atoms with van der Waals surface area (Å²) < 4.78 is 0. The predicted molar refractivity (Wildman–Crippen MR) is 40.0 cm³/mol. The van der Waals surface area contributed by atoms with Crippen molar-refractivity contribution in [1.29, 1.82) is 0 Å². The number of hydrogen-bond donors (Lipinski definition) is 1. The molecule has 1 aliphatic rings. The number of nitrogens with zero attached hydrogens (tertiary/aromatic N) is 1. The highest BCUT2D eigenvalue weighted by atomic mass is 16.3. The van der Waals surface area contributed by atoms with Gasteiger partial charge < -0.3 is 5.11 Å². The molecule has 2 heteroatoms. The van der Waals surface area contributed by atoms with Crippen LogP contribution in [0.4, 0.5) is 5.69 Å². The monoisotopic (exact) mass is 133 g/mol. The van der Waals surface area contributed by atoms with Crippen molar-refractivity contribution in [2.24, 2.45) is 4.99 Å². The molecule has 0 radical (unpaired) electrons. The van der Waals surface area contributed by atoms with Gasteiger partial charge in [0.2, 0.25) is 0 Å². The molecule has 0 aromatic heterocycles. The molecule has 0 saturated carbocycles. The Labute approximate surface area is 58.8 Å². The standard InChI is InChI=1S/C8H7NO/c10-8-3-1-2-7-6(8)4-5-9-7/h1-3,5,10H,4H2. The van der Waals surface area contributed by atoms with E-state index >= 15 is 0 Å². The van der Waals surface area contributed by atoms with Crippen molar-refractivity contribution in [3.63, 3.8) is 0 Å². The quantitative estimate of drug-likeness (QED) is 0.573. The van der Waals surface area contributed by atoms with Crippen LogP contribution < -0.4 is 0 Å². The minimum Gasteiger partial charge on any atom is -0.508 e. The molecule has 0 saturated heterocycles. The summed E-state index contributed by atoms with van der Waals surface area (Å²) in [5, 5.41) is 9.25. The lowest BCUT2D eigenvalue weighted by atomic mass is 10.1. The molecule has 0 fully saturated rings. The van der Waals surface area contributed by atoms with Gasteiger partial charge in [-0.25, -0.2) is 0 Å². The first-order valence-electron chi connectivity index (χ1n) is 3.21. The summed E-state index contributed by atoms with van der Waals surface area (Å²) in [5.74, 6) is 0.356. The lowest BCUT2D eigenvalue weighted by Crippen LogP contribution is -1.78. The number of aliphatic imine (C=N–C) groups is 1. The van der Waals surface area contributed by atoms with E-state index in [0.29, 0.717) is 5.75 Å². The zero-order chi connectivity index (χ0) is 6.97. The van der Waals surface area contributed by atoms with Crippen molar-refractivity contribution >= 4 is 11.9 Å². The number of benzene rings is 1. The average molecular weight is 133 g/mol. The van der Waals surface area contributed by atoms with Gasteiger partial charge >= 0.3 is 0 Å². The topological polar surface area (TPSA) is 32.6 Å². The summed E-state index contributed by atoms with van der Waals surface area (Å²) in [6.07, 6.45) is 2.58. The number of phenolic OH excluding ortho intramolecular Hbond substituents is 1. The van der Waals surface area contributed by atoms with Crippen LogP contribution in [0.5, 0.6) is 5.75 Å². The lowest BCUT2D eigenvalue weighted by molar-refractivity contribution is 0.471. The van der Waals surface area contributed by atoms with Crippen LogP contribution in [-0.4, -0.2) is 11.3 Å². The molecule has 2 nitrogen and oxygen atoms in total. The normalized spacial score (nSPS) is 13.6. The molecule has 0 aliphatic carbocycles. The maximum Gasteiger partial charge on any atom is 0.121 e. The molecule has 50 valence electrons. The Bertz CT molecular complexity index is 291. The van der Waals surface area contributed by atoms with Gasteiger partial charge in [-0.05, 0) is 12.1 Å². The lowest BCUT2D eigenvalue weighted by Gasteiger charge is -1.97. The van der Waals surface area contributed by atoms with Crippen molar-refractivity contribution in [1.82, 2.24) is 0 Å². The first kappa shape index (κ1) is 5.47. The van der Waals surface area contributed by atoms with Gasteiger partial charge in [-0.15, -0.1) is 0 Å². The van der Waals surface area contributed by atoms with Crippen LogP contribution in [0.1, 0.15) is 5.56 Å². The Balaban J connectivity index is 2.66. The number of fused-ring (bicyclic) bond motifs is 1. The molecule has 1 aromatic rings. The largest absolute Gasteiger partial charge is 0.508 e. The Kier molecular flexibility index (Phi) is 1.01. The van der Waals surface area contributed by atoms with E-state index in [1.165, 1.54) is 0 Å². The van der Waals surface area contributed by atoms with Crippen LogP contribution in [0.3, 0.4) is 0 Å². The van der Waals surface area contributed by atoms with Crippen molar-refractivity contribution in [3.8, 4) is 5.75 Å². The zero-order valence-electron chi connectivity index (χ0n) is 5.41. The smallest absolute Gasteiger partial charge is 0.121 e. The van der Waals surface area contributed by atoms with E-state index in [-0.39, 0.29) is 0 Å². The third kappa shape index (κ3) is 0.620. The Morgan fingerprint density at radius 1 is 1.40 bits per heavy atom. The van der Waals surface area contributed by atoms with E-state index in [9.17, 15) is 5.11 Å². The molecule has 0 bridgehead atoms. The third-order valence-corrected chi connectivity index (χ3v) is 1.65. The fourth-order valence-electron chi connectivity index (χ4n) is 1.13.